The summed E-state index contributed by atoms with van der Waals surface area (Å²) < 4.78 is 0. The van der Waals surface area contributed by atoms with Gasteiger partial charge in [0.05, 0.1) is 0 Å². The van der Waals surface area contributed by atoms with Crippen LogP contribution in [0, 0.1) is 0 Å². The number of rotatable bonds is 7. The molecule has 0 aliphatic heterocycles. The van der Waals surface area contributed by atoms with Gasteiger partial charge in [-0.05, 0) is 42.5 Å². The second-order valence-electron chi connectivity index (χ2n) is 5.07. The molecule has 1 aromatic carbocycles. The number of nitrogens with two attached hydrogens (primary N) is 1. The minimum absolute atomic E-state index is 0.175. The third kappa shape index (κ3) is 4.15. The first-order chi connectivity index (χ1) is 9.83. The number of aromatic nitrogens is 1. The van der Waals surface area contributed by atoms with Crippen molar-refractivity contribution >= 4 is 0 Å². The Kier molecular flexibility index (Phi) is 5.71. The maximum absolute atomic E-state index is 5.72. The van der Waals surface area contributed by atoms with Crippen molar-refractivity contribution in [1.29, 1.82) is 0 Å². The average Bonchev–Trinajstić information content (AvgIpc) is 2.50. The smallest absolute Gasteiger partial charge is 0.0463 e. The monoisotopic (exact) mass is 269 g/mol. The summed E-state index contributed by atoms with van der Waals surface area (Å²) in [5, 5.41) is 0. The molecule has 1 unspecified atom stereocenters. The Morgan fingerprint density at radius 3 is 2.75 bits per heavy atom. The van der Waals surface area contributed by atoms with E-state index in [9.17, 15) is 0 Å². The molecule has 20 heavy (non-hydrogen) atoms. The van der Waals surface area contributed by atoms with E-state index in [1.165, 1.54) is 11.1 Å². The number of nitrogens with one attached hydrogen (secondary N) is 1. The summed E-state index contributed by atoms with van der Waals surface area (Å²) in [7, 11) is 0. The number of hydrazine groups is 1. The lowest BCUT2D eigenvalue weighted by Crippen LogP contribution is -2.28. The summed E-state index contributed by atoms with van der Waals surface area (Å²) in [6, 6.07) is 14.9. The Labute approximate surface area is 121 Å². The minimum atomic E-state index is 0.175. The fourth-order valence-electron chi connectivity index (χ4n) is 2.44. The third-order valence-electron chi connectivity index (χ3n) is 3.51. The summed E-state index contributed by atoms with van der Waals surface area (Å²) >= 11 is 0. The van der Waals surface area contributed by atoms with Crippen LogP contribution in [0.2, 0.25) is 0 Å². The minimum Gasteiger partial charge on any atom is -0.271 e. The molecule has 3 N–H and O–H groups in total. The van der Waals surface area contributed by atoms with Crippen LogP contribution in [0.25, 0.3) is 0 Å². The van der Waals surface area contributed by atoms with Crippen molar-refractivity contribution in [1.82, 2.24) is 10.4 Å². The Hall–Kier alpha value is -1.71. The van der Waals surface area contributed by atoms with Crippen molar-refractivity contribution in [3.05, 3.63) is 65.5 Å². The average molecular weight is 269 g/mol. The number of nitrogens with zero attached hydrogens (tertiary/aromatic N) is 1. The highest BCUT2D eigenvalue weighted by Crippen LogP contribution is 2.19. The van der Waals surface area contributed by atoms with Gasteiger partial charge in [0.15, 0.2) is 0 Å². The normalized spacial score (nSPS) is 12.3. The lowest BCUT2D eigenvalue weighted by atomic mass is 9.98. The molecule has 0 saturated heterocycles. The highest BCUT2D eigenvalue weighted by molar-refractivity contribution is 5.26. The summed E-state index contributed by atoms with van der Waals surface area (Å²) in [5.41, 5.74) is 6.68. The summed E-state index contributed by atoms with van der Waals surface area (Å²) in [6.07, 6.45) is 5.99. The van der Waals surface area contributed by atoms with E-state index in [0.29, 0.717) is 0 Å². The molecule has 1 heterocycles. The van der Waals surface area contributed by atoms with Gasteiger partial charge in [-0.1, -0.05) is 43.7 Å². The van der Waals surface area contributed by atoms with Crippen molar-refractivity contribution in [2.24, 2.45) is 5.84 Å². The predicted octanol–water partition coefficient (Wildman–Crippen LogP) is 3.17. The Morgan fingerprint density at radius 2 is 2.05 bits per heavy atom. The molecule has 0 saturated carbocycles. The zero-order valence-electron chi connectivity index (χ0n) is 12.0. The number of pyridine rings is 1. The van der Waals surface area contributed by atoms with E-state index in [1.807, 2.05) is 18.3 Å². The number of hydrogen-bond acceptors (Lipinski definition) is 3. The molecular formula is C17H23N3. The van der Waals surface area contributed by atoms with Crippen LogP contribution >= 0.6 is 0 Å². The molecule has 0 aliphatic carbocycles. The number of benzene rings is 1. The van der Waals surface area contributed by atoms with Gasteiger partial charge in [-0.15, -0.1) is 0 Å². The van der Waals surface area contributed by atoms with Gasteiger partial charge in [-0.2, -0.15) is 0 Å². The van der Waals surface area contributed by atoms with Gasteiger partial charge in [-0.25, -0.2) is 0 Å². The van der Waals surface area contributed by atoms with E-state index >= 15 is 0 Å². The highest BCUT2D eigenvalue weighted by Gasteiger charge is 2.10. The SMILES string of the molecule is CCCc1cccc(C(CCc2ccccn2)NN)c1. The van der Waals surface area contributed by atoms with Crippen molar-refractivity contribution in [3.8, 4) is 0 Å². The van der Waals surface area contributed by atoms with E-state index in [1.54, 1.807) is 0 Å². The second kappa shape index (κ2) is 7.78. The fraction of sp³-hybridized carbons (Fsp3) is 0.353. The van der Waals surface area contributed by atoms with Crippen LogP contribution < -0.4 is 11.3 Å². The molecule has 1 atom stereocenters. The van der Waals surface area contributed by atoms with Gasteiger partial charge in [0, 0.05) is 17.9 Å². The Morgan fingerprint density at radius 1 is 1.15 bits per heavy atom. The predicted molar refractivity (Wildman–Crippen MR) is 83.1 cm³/mol. The molecule has 3 heteroatoms. The second-order valence-corrected chi connectivity index (χ2v) is 5.07. The molecule has 1 aromatic heterocycles. The van der Waals surface area contributed by atoms with Crippen molar-refractivity contribution < 1.29 is 0 Å². The zero-order chi connectivity index (χ0) is 14.2. The topological polar surface area (TPSA) is 50.9 Å². The maximum atomic E-state index is 5.72. The van der Waals surface area contributed by atoms with Gasteiger partial charge < -0.3 is 0 Å². The molecule has 0 aliphatic rings. The van der Waals surface area contributed by atoms with Crippen molar-refractivity contribution in [2.45, 2.75) is 38.6 Å². The first-order valence-corrected chi connectivity index (χ1v) is 7.28. The van der Waals surface area contributed by atoms with Crippen LogP contribution in [0.15, 0.2) is 48.7 Å². The lowest BCUT2D eigenvalue weighted by Gasteiger charge is -2.17. The van der Waals surface area contributed by atoms with Gasteiger partial charge in [0.1, 0.15) is 0 Å². The van der Waals surface area contributed by atoms with Gasteiger partial charge in [-0.3, -0.25) is 16.3 Å². The molecule has 0 fully saturated rings. The Bertz CT molecular complexity index is 511. The Balaban J connectivity index is 2.02. The standard InChI is InChI=1S/C17H23N3/c1-2-6-14-7-5-8-15(13-14)17(20-18)11-10-16-9-3-4-12-19-16/h3-5,7-9,12-13,17,20H,2,6,10-11,18H2,1H3. The zero-order valence-corrected chi connectivity index (χ0v) is 12.0. The van der Waals surface area contributed by atoms with Gasteiger partial charge >= 0.3 is 0 Å². The third-order valence-corrected chi connectivity index (χ3v) is 3.51. The summed E-state index contributed by atoms with van der Waals surface area (Å²) in [6.45, 7) is 2.20. The van der Waals surface area contributed by atoms with E-state index < -0.39 is 0 Å². The molecular weight excluding hydrogens is 246 g/mol. The van der Waals surface area contributed by atoms with Crippen LogP contribution in [-0.4, -0.2) is 4.98 Å². The van der Waals surface area contributed by atoms with Gasteiger partial charge in [0.25, 0.3) is 0 Å². The molecule has 0 bridgehead atoms. The molecule has 0 spiro atoms. The largest absolute Gasteiger partial charge is 0.271 e. The molecule has 2 aromatic rings. The van der Waals surface area contributed by atoms with Crippen molar-refractivity contribution in [2.75, 3.05) is 0 Å². The first-order valence-electron chi connectivity index (χ1n) is 7.28. The number of aryl methyl sites for hydroxylation is 2. The molecule has 3 nitrogen and oxygen atoms in total. The fourth-order valence-corrected chi connectivity index (χ4v) is 2.44. The van der Waals surface area contributed by atoms with Gasteiger partial charge in [0.2, 0.25) is 0 Å². The summed E-state index contributed by atoms with van der Waals surface area (Å²) in [5.74, 6) is 5.72. The van der Waals surface area contributed by atoms with Crippen molar-refractivity contribution in [3.63, 3.8) is 0 Å². The maximum Gasteiger partial charge on any atom is 0.0463 e. The van der Waals surface area contributed by atoms with E-state index in [-0.39, 0.29) is 6.04 Å². The van der Waals surface area contributed by atoms with Crippen LogP contribution in [0.5, 0.6) is 0 Å². The lowest BCUT2D eigenvalue weighted by molar-refractivity contribution is 0.513. The van der Waals surface area contributed by atoms with E-state index in [0.717, 1.165) is 31.4 Å². The number of hydrogen-bond donors (Lipinski definition) is 2. The van der Waals surface area contributed by atoms with E-state index in [2.05, 4.69) is 47.7 Å². The summed E-state index contributed by atoms with van der Waals surface area (Å²) in [4.78, 5) is 4.36. The quantitative estimate of drug-likeness (QED) is 0.599. The first kappa shape index (κ1) is 14.7. The highest BCUT2D eigenvalue weighted by atomic mass is 15.2. The van der Waals surface area contributed by atoms with Crippen LogP contribution in [0.4, 0.5) is 0 Å². The molecule has 2 rings (SSSR count). The molecule has 106 valence electrons. The van der Waals surface area contributed by atoms with Crippen LogP contribution in [-0.2, 0) is 12.8 Å². The van der Waals surface area contributed by atoms with Crippen LogP contribution in [0.3, 0.4) is 0 Å². The van der Waals surface area contributed by atoms with E-state index in [4.69, 9.17) is 5.84 Å². The molecule has 0 amide bonds. The van der Waals surface area contributed by atoms with Crippen LogP contribution in [0.1, 0.15) is 42.6 Å². The molecule has 0 radical (unpaired) electrons.